The van der Waals surface area contributed by atoms with Crippen LogP contribution in [0.3, 0.4) is 0 Å². The molecule has 0 aliphatic carbocycles. The second kappa shape index (κ2) is 6.46. The predicted molar refractivity (Wildman–Crippen MR) is 83.0 cm³/mol. The van der Waals surface area contributed by atoms with Gasteiger partial charge in [0.1, 0.15) is 5.60 Å². The highest BCUT2D eigenvalue weighted by atomic mass is 16.6. The van der Waals surface area contributed by atoms with Gasteiger partial charge in [-0.05, 0) is 63.1 Å². The molecule has 1 saturated heterocycles. The second-order valence-corrected chi connectivity index (χ2v) is 7.01. The van der Waals surface area contributed by atoms with Crippen LogP contribution in [0.25, 0.3) is 0 Å². The Morgan fingerprint density at radius 2 is 2.05 bits per heavy atom. The average molecular weight is 290 g/mol. The molecule has 0 bridgehead atoms. The molecule has 4 nitrogen and oxygen atoms in total. The van der Waals surface area contributed by atoms with Crippen LogP contribution in [0.2, 0.25) is 0 Å². The third-order valence-electron chi connectivity index (χ3n) is 3.98. The van der Waals surface area contributed by atoms with Gasteiger partial charge in [-0.3, -0.25) is 4.98 Å². The highest BCUT2D eigenvalue weighted by molar-refractivity contribution is 5.68. The Morgan fingerprint density at radius 3 is 2.62 bits per heavy atom. The lowest BCUT2D eigenvalue weighted by Crippen LogP contribution is -2.45. The van der Waals surface area contributed by atoms with Crippen LogP contribution in [0.1, 0.15) is 39.7 Å². The van der Waals surface area contributed by atoms with Crippen LogP contribution in [0.15, 0.2) is 24.5 Å². The molecule has 0 saturated carbocycles. The fourth-order valence-corrected chi connectivity index (χ4v) is 2.81. The molecule has 2 heterocycles. The molecular formula is C17H26N2O2. The summed E-state index contributed by atoms with van der Waals surface area (Å²) in [7, 11) is 0. The molecule has 0 aromatic carbocycles. The first-order valence-corrected chi connectivity index (χ1v) is 7.72. The quantitative estimate of drug-likeness (QED) is 0.837. The van der Waals surface area contributed by atoms with Gasteiger partial charge in [-0.1, -0.05) is 6.92 Å². The van der Waals surface area contributed by atoms with E-state index in [1.54, 1.807) is 0 Å². The summed E-state index contributed by atoms with van der Waals surface area (Å²) < 4.78 is 5.46. The summed E-state index contributed by atoms with van der Waals surface area (Å²) >= 11 is 0. The number of pyridine rings is 1. The minimum Gasteiger partial charge on any atom is -0.444 e. The molecule has 1 aliphatic heterocycles. The third-order valence-corrected chi connectivity index (χ3v) is 3.98. The number of likely N-dealkylation sites (tertiary alicyclic amines) is 1. The molecule has 0 radical (unpaired) electrons. The number of carbonyl (C=O) groups excluding carboxylic acids is 1. The van der Waals surface area contributed by atoms with Crippen molar-refractivity contribution in [3.63, 3.8) is 0 Å². The molecule has 1 aliphatic rings. The van der Waals surface area contributed by atoms with Crippen molar-refractivity contribution in [1.82, 2.24) is 9.88 Å². The lowest BCUT2D eigenvalue weighted by atomic mass is 9.82. The van der Waals surface area contributed by atoms with Crippen molar-refractivity contribution >= 4 is 6.09 Å². The molecule has 0 N–H and O–H groups in total. The van der Waals surface area contributed by atoms with E-state index in [2.05, 4.69) is 24.0 Å². The molecule has 1 fully saturated rings. The highest BCUT2D eigenvalue weighted by Crippen LogP contribution is 2.27. The van der Waals surface area contributed by atoms with Gasteiger partial charge in [-0.2, -0.15) is 0 Å². The van der Waals surface area contributed by atoms with Gasteiger partial charge < -0.3 is 9.64 Å². The summed E-state index contributed by atoms with van der Waals surface area (Å²) in [5.41, 5.74) is 0.904. The standard InChI is InChI=1S/C17H26N2O2/c1-13-12-19(16(20)21-17(2,3)4)10-7-15(13)11-14-5-8-18-9-6-14/h5-6,8-9,13,15H,7,10-12H2,1-4H3/t13-,15?/m1/s1. The van der Waals surface area contributed by atoms with Gasteiger partial charge in [0.15, 0.2) is 0 Å². The van der Waals surface area contributed by atoms with E-state index in [1.807, 2.05) is 38.1 Å². The molecule has 2 atom stereocenters. The van der Waals surface area contributed by atoms with Gasteiger partial charge in [0, 0.05) is 25.5 Å². The molecule has 1 amide bonds. The summed E-state index contributed by atoms with van der Waals surface area (Å²) in [6.45, 7) is 9.52. The number of rotatable bonds is 2. The van der Waals surface area contributed by atoms with Crippen molar-refractivity contribution in [2.24, 2.45) is 11.8 Å². The number of hydrogen-bond acceptors (Lipinski definition) is 3. The molecule has 4 heteroatoms. The summed E-state index contributed by atoms with van der Waals surface area (Å²) in [5, 5.41) is 0. The summed E-state index contributed by atoms with van der Waals surface area (Å²) in [4.78, 5) is 18.0. The summed E-state index contributed by atoms with van der Waals surface area (Å²) in [5.74, 6) is 1.10. The number of ether oxygens (including phenoxy) is 1. The van der Waals surface area contributed by atoms with Gasteiger partial charge in [0.25, 0.3) is 0 Å². The van der Waals surface area contributed by atoms with Crippen LogP contribution in [-0.2, 0) is 11.2 Å². The van der Waals surface area contributed by atoms with Gasteiger partial charge in [-0.25, -0.2) is 4.79 Å². The van der Waals surface area contributed by atoms with Crippen molar-refractivity contribution in [1.29, 1.82) is 0 Å². The molecule has 1 unspecified atom stereocenters. The average Bonchev–Trinajstić information content (AvgIpc) is 2.40. The van der Waals surface area contributed by atoms with Crippen molar-refractivity contribution in [2.45, 2.75) is 46.1 Å². The maximum absolute atomic E-state index is 12.1. The van der Waals surface area contributed by atoms with E-state index < -0.39 is 5.60 Å². The number of piperidine rings is 1. The zero-order chi connectivity index (χ0) is 15.5. The molecule has 0 spiro atoms. The van der Waals surface area contributed by atoms with Crippen LogP contribution < -0.4 is 0 Å². The zero-order valence-corrected chi connectivity index (χ0v) is 13.5. The topological polar surface area (TPSA) is 42.4 Å². The van der Waals surface area contributed by atoms with E-state index in [4.69, 9.17) is 4.74 Å². The first-order chi connectivity index (χ1) is 9.85. The van der Waals surface area contributed by atoms with Gasteiger partial charge in [-0.15, -0.1) is 0 Å². The van der Waals surface area contributed by atoms with Crippen molar-refractivity contribution in [2.75, 3.05) is 13.1 Å². The first-order valence-electron chi connectivity index (χ1n) is 7.72. The molecule has 2 rings (SSSR count). The molecular weight excluding hydrogens is 264 g/mol. The fourth-order valence-electron chi connectivity index (χ4n) is 2.81. The van der Waals surface area contributed by atoms with E-state index in [9.17, 15) is 4.79 Å². The van der Waals surface area contributed by atoms with Gasteiger partial charge >= 0.3 is 6.09 Å². The maximum Gasteiger partial charge on any atom is 0.410 e. The molecule has 116 valence electrons. The van der Waals surface area contributed by atoms with Crippen molar-refractivity contribution < 1.29 is 9.53 Å². The van der Waals surface area contributed by atoms with E-state index in [1.165, 1.54) is 5.56 Å². The summed E-state index contributed by atoms with van der Waals surface area (Å²) in [6, 6.07) is 4.15. The fraction of sp³-hybridized carbons (Fsp3) is 0.647. The van der Waals surface area contributed by atoms with Gasteiger partial charge in [0.05, 0.1) is 0 Å². The van der Waals surface area contributed by atoms with Crippen LogP contribution in [0, 0.1) is 11.8 Å². The Balaban J connectivity index is 1.89. The Hall–Kier alpha value is -1.58. The predicted octanol–water partition coefficient (Wildman–Crippen LogP) is 3.52. The summed E-state index contributed by atoms with van der Waals surface area (Å²) in [6.07, 6.45) is 5.59. The minimum atomic E-state index is -0.422. The lowest BCUT2D eigenvalue weighted by Gasteiger charge is -2.37. The van der Waals surface area contributed by atoms with Crippen LogP contribution >= 0.6 is 0 Å². The van der Waals surface area contributed by atoms with E-state index >= 15 is 0 Å². The molecule has 1 aromatic heterocycles. The third kappa shape index (κ3) is 4.73. The Bertz CT molecular complexity index is 467. The van der Waals surface area contributed by atoms with E-state index in [-0.39, 0.29) is 6.09 Å². The smallest absolute Gasteiger partial charge is 0.410 e. The minimum absolute atomic E-state index is 0.184. The number of hydrogen-bond donors (Lipinski definition) is 0. The monoisotopic (exact) mass is 290 g/mol. The Labute approximate surface area is 127 Å². The van der Waals surface area contributed by atoms with E-state index in [0.717, 1.165) is 25.9 Å². The lowest BCUT2D eigenvalue weighted by molar-refractivity contribution is 0.0117. The first kappa shape index (κ1) is 15.8. The van der Waals surface area contributed by atoms with Crippen LogP contribution in [-0.4, -0.2) is 34.7 Å². The van der Waals surface area contributed by atoms with E-state index in [0.29, 0.717) is 11.8 Å². The normalized spacial score (nSPS) is 23.0. The van der Waals surface area contributed by atoms with Crippen LogP contribution in [0.4, 0.5) is 4.79 Å². The number of aromatic nitrogens is 1. The highest BCUT2D eigenvalue weighted by Gasteiger charge is 2.31. The van der Waals surface area contributed by atoms with Gasteiger partial charge in [0.2, 0.25) is 0 Å². The van der Waals surface area contributed by atoms with Crippen LogP contribution in [0.5, 0.6) is 0 Å². The molecule has 1 aromatic rings. The number of carbonyl (C=O) groups is 1. The SMILES string of the molecule is C[C@@H]1CN(C(=O)OC(C)(C)C)CCC1Cc1ccncc1. The second-order valence-electron chi connectivity index (χ2n) is 7.01. The Kier molecular flexibility index (Phi) is 4.86. The van der Waals surface area contributed by atoms with Crippen molar-refractivity contribution in [3.8, 4) is 0 Å². The molecule has 21 heavy (non-hydrogen) atoms. The Morgan fingerprint density at radius 1 is 1.38 bits per heavy atom. The zero-order valence-electron chi connectivity index (χ0n) is 13.5. The van der Waals surface area contributed by atoms with Crippen molar-refractivity contribution in [3.05, 3.63) is 30.1 Å². The maximum atomic E-state index is 12.1. The number of amides is 1. The number of nitrogens with zero attached hydrogens (tertiary/aromatic N) is 2. The largest absolute Gasteiger partial charge is 0.444 e.